The first-order valence-corrected chi connectivity index (χ1v) is 9.98. The van der Waals surface area contributed by atoms with Gasteiger partial charge in [-0.1, -0.05) is 32.1 Å². The molecule has 0 bridgehead atoms. The van der Waals surface area contributed by atoms with Gasteiger partial charge in [-0.25, -0.2) is 0 Å². The van der Waals surface area contributed by atoms with E-state index in [1.807, 2.05) is 6.08 Å². The van der Waals surface area contributed by atoms with Crippen LogP contribution in [0.4, 0.5) is 0 Å². The van der Waals surface area contributed by atoms with E-state index >= 15 is 0 Å². The van der Waals surface area contributed by atoms with Gasteiger partial charge in [-0.15, -0.1) is 6.58 Å². The molecule has 1 unspecified atom stereocenters. The molecule has 1 aliphatic heterocycles. The maximum Gasteiger partial charge on any atom is 0.0638 e. The van der Waals surface area contributed by atoms with E-state index in [4.69, 9.17) is 0 Å². The number of hydrogen-bond acceptors (Lipinski definition) is 1. The van der Waals surface area contributed by atoms with Gasteiger partial charge in [-0.2, -0.15) is 0 Å². The van der Waals surface area contributed by atoms with Gasteiger partial charge in [0.25, 0.3) is 0 Å². The average molecular weight is 225 g/mol. The van der Waals surface area contributed by atoms with Gasteiger partial charge >= 0.3 is 0 Å². The van der Waals surface area contributed by atoms with E-state index < -0.39 is 8.07 Å². The van der Waals surface area contributed by atoms with Crippen molar-refractivity contribution in [3.05, 3.63) is 12.7 Å². The molecule has 0 amide bonds. The molecule has 1 atom stereocenters. The van der Waals surface area contributed by atoms with E-state index in [9.17, 15) is 0 Å². The first-order valence-electron chi connectivity index (χ1n) is 6.40. The van der Waals surface area contributed by atoms with Gasteiger partial charge in [0.05, 0.1) is 8.07 Å². The van der Waals surface area contributed by atoms with E-state index in [2.05, 4.69) is 31.1 Å². The van der Waals surface area contributed by atoms with Crippen molar-refractivity contribution >= 4 is 8.07 Å². The summed E-state index contributed by atoms with van der Waals surface area (Å²) in [6, 6.07) is 0. The van der Waals surface area contributed by atoms with Gasteiger partial charge in [0.2, 0.25) is 0 Å². The highest BCUT2D eigenvalue weighted by Gasteiger charge is 2.33. The quantitative estimate of drug-likeness (QED) is 0.392. The fraction of sp³-hybridized carbons (Fsp3) is 0.846. The second-order valence-corrected chi connectivity index (χ2v) is 11.2. The summed E-state index contributed by atoms with van der Waals surface area (Å²) in [5.41, 5.74) is 0.927. The highest BCUT2D eigenvalue weighted by Crippen LogP contribution is 2.25. The molecule has 88 valence electrons. The Morgan fingerprint density at radius 3 is 2.67 bits per heavy atom. The molecule has 0 aromatic carbocycles. The van der Waals surface area contributed by atoms with Crippen LogP contribution >= 0.6 is 0 Å². The topological polar surface area (TPSA) is 3.24 Å². The van der Waals surface area contributed by atoms with Gasteiger partial charge in [0.1, 0.15) is 0 Å². The van der Waals surface area contributed by atoms with Crippen molar-refractivity contribution in [1.29, 1.82) is 0 Å². The third-order valence-electron chi connectivity index (χ3n) is 3.47. The van der Waals surface area contributed by atoms with Gasteiger partial charge in [0, 0.05) is 5.67 Å². The van der Waals surface area contributed by atoms with Gasteiger partial charge < -0.3 is 4.90 Å². The molecule has 1 saturated heterocycles. The molecule has 0 aliphatic carbocycles. The third kappa shape index (κ3) is 4.11. The number of nitrogens with zero attached hydrogens (tertiary/aromatic N) is 1. The fourth-order valence-corrected chi connectivity index (χ4v) is 5.10. The van der Waals surface area contributed by atoms with Crippen molar-refractivity contribution in [1.82, 2.24) is 4.90 Å². The number of allylic oxidation sites excluding steroid dienone is 1. The minimum absolute atomic E-state index is 0.927. The fourth-order valence-electron chi connectivity index (χ4n) is 2.68. The standard InChI is InChI=1S/C13H27NSi/c1-5-6-8-11-14-12-9-7-10-13(14)15(2,3)4/h5,13H,1,6-12H2,2-4H3. The van der Waals surface area contributed by atoms with E-state index in [0.29, 0.717) is 0 Å². The van der Waals surface area contributed by atoms with Crippen LogP contribution in [-0.2, 0) is 0 Å². The lowest BCUT2D eigenvalue weighted by atomic mass is 10.1. The van der Waals surface area contributed by atoms with Crippen LogP contribution in [-0.4, -0.2) is 31.7 Å². The van der Waals surface area contributed by atoms with Gasteiger partial charge in [-0.3, -0.25) is 0 Å². The molecule has 15 heavy (non-hydrogen) atoms. The molecule has 1 rings (SSSR count). The van der Waals surface area contributed by atoms with Crippen LogP contribution in [0.25, 0.3) is 0 Å². The van der Waals surface area contributed by atoms with Crippen molar-refractivity contribution in [2.24, 2.45) is 0 Å². The summed E-state index contributed by atoms with van der Waals surface area (Å²) in [6.07, 6.45) is 8.83. The van der Waals surface area contributed by atoms with Gasteiger partial charge in [0.15, 0.2) is 0 Å². The zero-order chi connectivity index (χ0) is 11.3. The molecule has 2 heteroatoms. The highest BCUT2D eigenvalue weighted by molar-refractivity contribution is 6.77. The van der Waals surface area contributed by atoms with E-state index in [1.54, 1.807) is 0 Å². The Hall–Kier alpha value is -0.0831. The lowest BCUT2D eigenvalue weighted by molar-refractivity contribution is 0.192. The lowest BCUT2D eigenvalue weighted by Crippen LogP contribution is -2.53. The molecule has 1 fully saturated rings. The summed E-state index contributed by atoms with van der Waals surface area (Å²) in [6.45, 7) is 14.0. The molecule has 0 radical (unpaired) electrons. The molecule has 1 heterocycles. The summed E-state index contributed by atoms with van der Waals surface area (Å²) in [7, 11) is -0.980. The molecule has 0 aromatic heterocycles. The molecular weight excluding hydrogens is 198 g/mol. The molecule has 1 nitrogen and oxygen atoms in total. The first-order chi connectivity index (χ1) is 7.05. The van der Waals surface area contributed by atoms with Crippen LogP contribution < -0.4 is 0 Å². The smallest absolute Gasteiger partial charge is 0.0638 e. The van der Waals surface area contributed by atoms with Crippen molar-refractivity contribution in [3.8, 4) is 0 Å². The molecule has 0 saturated carbocycles. The first kappa shape index (κ1) is 13.0. The summed E-state index contributed by atoms with van der Waals surface area (Å²) in [5.74, 6) is 0. The Balaban J connectivity index is 2.46. The molecule has 1 aliphatic rings. The zero-order valence-corrected chi connectivity index (χ0v) is 11.8. The summed E-state index contributed by atoms with van der Waals surface area (Å²) >= 11 is 0. The monoisotopic (exact) mass is 225 g/mol. The molecule has 0 aromatic rings. The second-order valence-electron chi connectivity index (χ2n) is 5.84. The highest BCUT2D eigenvalue weighted by atomic mass is 28.3. The normalized spacial score (nSPS) is 24.1. The Kier molecular flexibility index (Phi) is 5.07. The van der Waals surface area contributed by atoms with Crippen LogP contribution in [0.2, 0.25) is 19.6 Å². The van der Waals surface area contributed by atoms with Crippen LogP contribution in [0.3, 0.4) is 0 Å². The largest absolute Gasteiger partial charge is 0.303 e. The predicted molar refractivity (Wildman–Crippen MR) is 72.0 cm³/mol. The van der Waals surface area contributed by atoms with Crippen molar-refractivity contribution < 1.29 is 0 Å². The lowest BCUT2D eigenvalue weighted by Gasteiger charge is -2.42. The van der Waals surface area contributed by atoms with Gasteiger partial charge in [-0.05, 0) is 38.8 Å². The van der Waals surface area contributed by atoms with Crippen molar-refractivity contribution in [2.75, 3.05) is 13.1 Å². The Labute approximate surface area is 96.6 Å². The molecular formula is C13H27NSi. The molecule has 0 spiro atoms. The number of likely N-dealkylation sites (tertiary alicyclic amines) is 1. The summed E-state index contributed by atoms with van der Waals surface area (Å²) in [4.78, 5) is 2.76. The SMILES string of the molecule is C=CCCCN1CCCCC1[Si](C)(C)C. The molecule has 0 N–H and O–H groups in total. The van der Waals surface area contributed by atoms with Crippen LogP contribution in [0.1, 0.15) is 32.1 Å². The van der Waals surface area contributed by atoms with Crippen molar-refractivity contribution in [3.63, 3.8) is 0 Å². The van der Waals surface area contributed by atoms with Crippen LogP contribution in [0, 0.1) is 0 Å². The average Bonchev–Trinajstić information content (AvgIpc) is 2.17. The van der Waals surface area contributed by atoms with E-state index in [1.165, 1.54) is 45.2 Å². The number of rotatable bonds is 5. The Morgan fingerprint density at radius 1 is 1.33 bits per heavy atom. The van der Waals surface area contributed by atoms with E-state index in [0.717, 1.165) is 5.67 Å². The second kappa shape index (κ2) is 5.85. The Morgan fingerprint density at radius 2 is 2.07 bits per heavy atom. The number of hydrogen-bond donors (Lipinski definition) is 0. The maximum absolute atomic E-state index is 3.80. The summed E-state index contributed by atoms with van der Waals surface area (Å²) < 4.78 is 0. The van der Waals surface area contributed by atoms with Crippen LogP contribution in [0.15, 0.2) is 12.7 Å². The number of unbranched alkanes of at least 4 members (excludes halogenated alkanes) is 1. The number of piperidine rings is 1. The predicted octanol–water partition coefficient (Wildman–Crippen LogP) is 3.68. The third-order valence-corrected chi connectivity index (χ3v) is 6.12. The zero-order valence-electron chi connectivity index (χ0n) is 10.8. The summed E-state index contributed by atoms with van der Waals surface area (Å²) in [5, 5.41) is 0. The maximum atomic E-state index is 3.80. The van der Waals surface area contributed by atoms with E-state index in [-0.39, 0.29) is 0 Å². The van der Waals surface area contributed by atoms with Crippen LogP contribution in [0.5, 0.6) is 0 Å². The minimum Gasteiger partial charge on any atom is -0.303 e. The minimum atomic E-state index is -0.980. The van der Waals surface area contributed by atoms with Crippen molar-refractivity contribution in [2.45, 2.75) is 57.4 Å². The Bertz CT molecular complexity index is 195.